The van der Waals surface area contributed by atoms with Crippen LogP contribution >= 0.6 is 11.3 Å². The summed E-state index contributed by atoms with van der Waals surface area (Å²) in [4.78, 5) is 23.1. The standard InChI is InChI=1S/C23H24N6S/c1-13-14-4-6-15(7-5-14)20(13)28-19-11-17(18-3-2-10-30-18)27-22(29-19)16-12-26-23-21(16)24-8-9-25-23/h2-3,8-15,20H,4-7H2,1H3,(H,25,26)(H,27,28,29)/t13-,14?,15?,20+/m0/s1. The Labute approximate surface area is 179 Å². The van der Waals surface area contributed by atoms with Crippen molar-refractivity contribution in [1.29, 1.82) is 0 Å². The molecule has 3 aliphatic carbocycles. The molecule has 6 nitrogen and oxygen atoms in total. The zero-order valence-electron chi connectivity index (χ0n) is 16.9. The molecule has 0 spiro atoms. The minimum absolute atomic E-state index is 0.485. The predicted octanol–water partition coefficient (Wildman–Crippen LogP) is 5.38. The van der Waals surface area contributed by atoms with Crippen molar-refractivity contribution >= 4 is 28.3 Å². The zero-order valence-corrected chi connectivity index (χ0v) is 17.7. The first-order valence-corrected chi connectivity index (χ1v) is 11.6. The number of H-pyrrole nitrogens is 1. The molecule has 0 unspecified atom stereocenters. The van der Waals surface area contributed by atoms with E-state index >= 15 is 0 Å². The first-order chi connectivity index (χ1) is 14.8. The number of thiophene rings is 1. The van der Waals surface area contributed by atoms with Crippen LogP contribution in [0.3, 0.4) is 0 Å². The van der Waals surface area contributed by atoms with Gasteiger partial charge in [-0.3, -0.25) is 4.98 Å². The van der Waals surface area contributed by atoms with Gasteiger partial charge in [0.05, 0.1) is 16.1 Å². The molecule has 4 aromatic rings. The van der Waals surface area contributed by atoms with E-state index < -0.39 is 0 Å². The summed E-state index contributed by atoms with van der Waals surface area (Å²) in [5.74, 6) is 3.86. The van der Waals surface area contributed by atoms with Gasteiger partial charge < -0.3 is 10.3 Å². The molecule has 0 aliphatic heterocycles. The van der Waals surface area contributed by atoms with Crippen LogP contribution in [0, 0.1) is 17.8 Å². The van der Waals surface area contributed by atoms with Gasteiger partial charge in [0.25, 0.3) is 0 Å². The van der Waals surface area contributed by atoms with E-state index in [1.165, 1.54) is 25.7 Å². The molecule has 7 rings (SSSR count). The van der Waals surface area contributed by atoms with Crippen LogP contribution in [0.25, 0.3) is 33.1 Å². The lowest BCUT2D eigenvalue weighted by atomic mass is 9.62. The van der Waals surface area contributed by atoms with Crippen LogP contribution in [0.15, 0.2) is 42.2 Å². The summed E-state index contributed by atoms with van der Waals surface area (Å²) in [6, 6.07) is 6.76. The quantitative estimate of drug-likeness (QED) is 0.467. The fourth-order valence-corrected chi connectivity index (χ4v) is 6.07. The first kappa shape index (κ1) is 18.0. The molecule has 3 saturated carbocycles. The molecule has 7 heteroatoms. The highest BCUT2D eigenvalue weighted by Crippen LogP contribution is 2.46. The molecule has 4 heterocycles. The number of hydrogen-bond donors (Lipinski definition) is 2. The fraction of sp³-hybridized carbons (Fsp3) is 0.391. The molecule has 3 fully saturated rings. The SMILES string of the molecule is C[C@H]1C2CCC(CC2)[C@@H]1Nc1cc(-c2cccs2)nc(-c2c[nH]c3nccnc23)n1. The Balaban J connectivity index is 1.43. The van der Waals surface area contributed by atoms with E-state index in [0.717, 1.165) is 45.0 Å². The number of hydrogen-bond acceptors (Lipinski definition) is 6. The largest absolute Gasteiger partial charge is 0.367 e. The van der Waals surface area contributed by atoms with Crippen LogP contribution < -0.4 is 5.32 Å². The number of aromatic amines is 1. The van der Waals surface area contributed by atoms with Gasteiger partial charge >= 0.3 is 0 Å². The molecule has 2 bridgehead atoms. The minimum Gasteiger partial charge on any atom is -0.367 e. The van der Waals surface area contributed by atoms with Gasteiger partial charge in [-0.05, 0) is 54.9 Å². The summed E-state index contributed by atoms with van der Waals surface area (Å²) in [6.45, 7) is 2.41. The Morgan fingerprint density at radius 1 is 1.07 bits per heavy atom. The summed E-state index contributed by atoms with van der Waals surface area (Å²) in [5.41, 5.74) is 3.39. The van der Waals surface area contributed by atoms with Crippen LogP contribution in [0.2, 0.25) is 0 Å². The van der Waals surface area contributed by atoms with Crippen LogP contribution in [-0.2, 0) is 0 Å². The Morgan fingerprint density at radius 2 is 1.90 bits per heavy atom. The molecule has 0 radical (unpaired) electrons. The highest BCUT2D eigenvalue weighted by atomic mass is 32.1. The number of anilines is 1. The van der Waals surface area contributed by atoms with Gasteiger partial charge in [0.2, 0.25) is 0 Å². The van der Waals surface area contributed by atoms with Crippen molar-refractivity contribution < 1.29 is 0 Å². The molecule has 0 saturated heterocycles. The van der Waals surface area contributed by atoms with E-state index in [9.17, 15) is 0 Å². The van der Waals surface area contributed by atoms with Crippen molar-refractivity contribution in [1.82, 2.24) is 24.9 Å². The Hall–Kier alpha value is -2.80. The Bertz CT molecular complexity index is 1170. The van der Waals surface area contributed by atoms with E-state index in [1.54, 1.807) is 23.7 Å². The zero-order chi connectivity index (χ0) is 20.1. The smallest absolute Gasteiger partial charge is 0.165 e. The van der Waals surface area contributed by atoms with Crippen molar-refractivity contribution in [3.63, 3.8) is 0 Å². The van der Waals surface area contributed by atoms with Gasteiger partial charge in [-0.1, -0.05) is 13.0 Å². The van der Waals surface area contributed by atoms with E-state index in [0.29, 0.717) is 17.8 Å². The number of nitrogens with one attached hydrogen (secondary N) is 2. The molecule has 2 N–H and O–H groups in total. The van der Waals surface area contributed by atoms with E-state index in [-0.39, 0.29) is 0 Å². The molecule has 0 amide bonds. The van der Waals surface area contributed by atoms with Crippen molar-refractivity contribution in [2.75, 3.05) is 5.32 Å². The molecule has 152 valence electrons. The maximum absolute atomic E-state index is 4.94. The molecular weight excluding hydrogens is 392 g/mol. The Morgan fingerprint density at radius 3 is 2.70 bits per heavy atom. The summed E-state index contributed by atoms with van der Waals surface area (Å²) in [5, 5.41) is 5.91. The average Bonchev–Trinajstić information content (AvgIpc) is 3.47. The van der Waals surface area contributed by atoms with Gasteiger partial charge in [-0.15, -0.1) is 11.3 Å². The van der Waals surface area contributed by atoms with E-state index in [1.807, 2.05) is 6.20 Å². The second kappa shape index (κ2) is 7.16. The molecule has 3 aliphatic rings. The van der Waals surface area contributed by atoms with Gasteiger partial charge in [0, 0.05) is 30.7 Å². The average molecular weight is 417 g/mol. The van der Waals surface area contributed by atoms with E-state index in [2.05, 4.69) is 50.8 Å². The van der Waals surface area contributed by atoms with Crippen molar-refractivity contribution in [2.24, 2.45) is 17.8 Å². The maximum atomic E-state index is 4.94. The van der Waals surface area contributed by atoms with Gasteiger partial charge in [-0.2, -0.15) is 0 Å². The molecule has 4 aromatic heterocycles. The highest BCUT2D eigenvalue weighted by molar-refractivity contribution is 7.13. The number of rotatable bonds is 4. The second-order valence-electron chi connectivity index (χ2n) is 8.60. The lowest BCUT2D eigenvalue weighted by Crippen LogP contribution is -2.47. The number of aromatic nitrogens is 5. The minimum atomic E-state index is 0.485. The van der Waals surface area contributed by atoms with Crippen LogP contribution in [0.4, 0.5) is 5.82 Å². The van der Waals surface area contributed by atoms with Crippen LogP contribution in [0.5, 0.6) is 0 Å². The van der Waals surface area contributed by atoms with E-state index in [4.69, 9.17) is 9.97 Å². The fourth-order valence-electron chi connectivity index (χ4n) is 5.38. The Kier molecular flexibility index (Phi) is 4.30. The molecular formula is C23H24N6S. The normalized spacial score (nSPS) is 25.6. The third-order valence-corrected chi connectivity index (χ3v) is 7.89. The monoisotopic (exact) mass is 416 g/mol. The lowest BCUT2D eigenvalue weighted by Gasteiger charge is -2.47. The van der Waals surface area contributed by atoms with Crippen molar-refractivity contribution in [3.8, 4) is 22.0 Å². The second-order valence-corrected chi connectivity index (χ2v) is 9.55. The summed E-state index contributed by atoms with van der Waals surface area (Å²) in [7, 11) is 0. The third kappa shape index (κ3) is 2.99. The van der Waals surface area contributed by atoms with Gasteiger partial charge in [-0.25, -0.2) is 15.0 Å². The van der Waals surface area contributed by atoms with Crippen LogP contribution in [0.1, 0.15) is 32.6 Å². The third-order valence-electron chi connectivity index (χ3n) is 7.00. The molecule has 0 aromatic carbocycles. The summed E-state index contributed by atoms with van der Waals surface area (Å²) in [6.07, 6.45) is 10.7. The van der Waals surface area contributed by atoms with Crippen LogP contribution in [-0.4, -0.2) is 31.0 Å². The number of fused-ring (bicyclic) bond motifs is 4. The lowest BCUT2D eigenvalue weighted by molar-refractivity contribution is 0.0928. The van der Waals surface area contributed by atoms with Crippen molar-refractivity contribution in [3.05, 3.63) is 42.2 Å². The number of nitrogens with zero attached hydrogens (tertiary/aromatic N) is 4. The maximum Gasteiger partial charge on any atom is 0.165 e. The molecule has 30 heavy (non-hydrogen) atoms. The summed E-state index contributed by atoms with van der Waals surface area (Å²) >= 11 is 1.70. The van der Waals surface area contributed by atoms with Gasteiger partial charge in [0.1, 0.15) is 11.3 Å². The first-order valence-electron chi connectivity index (χ1n) is 10.7. The predicted molar refractivity (Wildman–Crippen MR) is 120 cm³/mol. The highest BCUT2D eigenvalue weighted by Gasteiger charge is 2.41. The topological polar surface area (TPSA) is 79.4 Å². The van der Waals surface area contributed by atoms with Crippen molar-refractivity contribution in [2.45, 2.75) is 38.6 Å². The van der Waals surface area contributed by atoms with Gasteiger partial charge in [0.15, 0.2) is 11.5 Å². The molecule has 2 atom stereocenters. The summed E-state index contributed by atoms with van der Waals surface area (Å²) < 4.78 is 0.